The lowest BCUT2D eigenvalue weighted by molar-refractivity contribution is 0.102. The molecule has 0 saturated heterocycles. The van der Waals surface area contributed by atoms with Crippen molar-refractivity contribution in [1.29, 1.82) is 0 Å². The lowest BCUT2D eigenvalue weighted by Gasteiger charge is -2.23. The molecule has 1 saturated carbocycles. The summed E-state index contributed by atoms with van der Waals surface area (Å²) in [6, 6.07) is 15.1. The van der Waals surface area contributed by atoms with Crippen molar-refractivity contribution in [1.82, 2.24) is 9.97 Å². The molecule has 7 heteroatoms. The third kappa shape index (κ3) is 5.17. The average Bonchev–Trinajstić information content (AvgIpc) is 2.85. The molecule has 0 radical (unpaired) electrons. The molecule has 166 valence electrons. The Morgan fingerprint density at radius 3 is 2.59 bits per heavy atom. The van der Waals surface area contributed by atoms with Gasteiger partial charge in [0.2, 0.25) is 0 Å². The van der Waals surface area contributed by atoms with Crippen LogP contribution in [0.5, 0.6) is 11.5 Å². The molecule has 3 aromatic rings. The molecule has 1 aliphatic carbocycles. The Morgan fingerprint density at radius 2 is 1.81 bits per heavy atom. The van der Waals surface area contributed by atoms with Crippen LogP contribution in [0, 0.1) is 0 Å². The molecule has 1 fully saturated rings. The number of nitrogens with one attached hydrogen (secondary N) is 2. The zero-order valence-electron chi connectivity index (χ0n) is 18.4. The van der Waals surface area contributed by atoms with Gasteiger partial charge in [-0.3, -0.25) is 4.79 Å². The number of carbonyl (C=O) groups excluding carboxylic acids is 1. The van der Waals surface area contributed by atoms with Crippen molar-refractivity contribution in [3.8, 4) is 22.8 Å². The van der Waals surface area contributed by atoms with Crippen LogP contribution in [-0.4, -0.2) is 36.1 Å². The Morgan fingerprint density at radius 1 is 0.969 bits per heavy atom. The Labute approximate surface area is 188 Å². The first-order valence-corrected chi connectivity index (χ1v) is 10.9. The van der Waals surface area contributed by atoms with Gasteiger partial charge in [0.1, 0.15) is 23.6 Å². The smallest absolute Gasteiger partial charge is 0.255 e. The van der Waals surface area contributed by atoms with Crippen molar-refractivity contribution in [3.05, 3.63) is 60.4 Å². The molecule has 1 heterocycles. The van der Waals surface area contributed by atoms with Crippen LogP contribution >= 0.6 is 0 Å². The van der Waals surface area contributed by atoms with Gasteiger partial charge in [-0.25, -0.2) is 9.97 Å². The number of rotatable bonds is 7. The van der Waals surface area contributed by atoms with Gasteiger partial charge >= 0.3 is 0 Å². The normalized spacial score (nSPS) is 13.9. The predicted octanol–water partition coefficient (Wildman–Crippen LogP) is 5.16. The van der Waals surface area contributed by atoms with Crippen molar-refractivity contribution >= 4 is 17.4 Å². The van der Waals surface area contributed by atoms with Crippen molar-refractivity contribution in [2.24, 2.45) is 0 Å². The number of amides is 1. The number of aromatic nitrogens is 2. The van der Waals surface area contributed by atoms with Gasteiger partial charge in [-0.2, -0.15) is 0 Å². The topological polar surface area (TPSA) is 85.4 Å². The van der Waals surface area contributed by atoms with Crippen LogP contribution in [0.3, 0.4) is 0 Å². The monoisotopic (exact) mass is 432 g/mol. The summed E-state index contributed by atoms with van der Waals surface area (Å²) < 4.78 is 10.6. The molecule has 32 heavy (non-hydrogen) atoms. The van der Waals surface area contributed by atoms with Gasteiger partial charge in [0.25, 0.3) is 5.91 Å². The maximum Gasteiger partial charge on any atom is 0.255 e. The first-order valence-electron chi connectivity index (χ1n) is 10.9. The van der Waals surface area contributed by atoms with E-state index in [0.29, 0.717) is 28.8 Å². The van der Waals surface area contributed by atoms with Crippen molar-refractivity contribution in [3.63, 3.8) is 0 Å². The molecule has 1 aliphatic rings. The van der Waals surface area contributed by atoms with E-state index in [0.717, 1.165) is 17.1 Å². The summed E-state index contributed by atoms with van der Waals surface area (Å²) in [7, 11) is 3.14. The van der Waals surface area contributed by atoms with Gasteiger partial charge in [0, 0.05) is 29.3 Å². The van der Waals surface area contributed by atoms with E-state index in [1.807, 2.05) is 24.3 Å². The first kappa shape index (κ1) is 21.6. The van der Waals surface area contributed by atoms with Gasteiger partial charge < -0.3 is 20.1 Å². The van der Waals surface area contributed by atoms with E-state index in [-0.39, 0.29) is 5.91 Å². The first-order chi connectivity index (χ1) is 15.7. The number of carbonyl (C=O) groups is 1. The number of anilines is 2. The summed E-state index contributed by atoms with van der Waals surface area (Å²) in [6.07, 6.45) is 7.73. The van der Waals surface area contributed by atoms with E-state index < -0.39 is 0 Å². The Hall–Kier alpha value is -3.61. The molecule has 0 unspecified atom stereocenters. The molecule has 2 N–H and O–H groups in total. The van der Waals surface area contributed by atoms with Crippen LogP contribution in [0.4, 0.5) is 11.5 Å². The maximum atomic E-state index is 12.9. The van der Waals surface area contributed by atoms with Crippen LogP contribution in [-0.2, 0) is 0 Å². The second kappa shape index (κ2) is 10.1. The fourth-order valence-electron chi connectivity index (χ4n) is 3.97. The van der Waals surface area contributed by atoms with E-state index in [2.05, 4.69) is 20.6 Å². The Bertz CT molecular complexity index is 1080. The maximum absolute atomic E-state index is 12.9. The van der Waals surface area contributed by atoms with Crippen LogP contribution in [0.2, 0.25) is 0 Å². The van der Waals surface area contributed by atoms with Gasteiger partial charge in [-0.1, -0.05) is 31.4 Å². The van der Waals surface area contributed by atoms with E-state index in [1.165, 1.54) is 32.1 Å². The zero-order valence-corrected chi connectivity index (χ0v) is 18.4. The van der Waals surface area contributed by atoms with E-state index in [9.17, 15) is 4.79 Å². The minimum absolute atomic E-state index is 0.232. The molecule has 0 spiro atoms. The van der Waals surface area contributed by atoms with Gasteiger partial charge in [-0.15, -0.1) is 0 Å². The summed E-state index contributed by atoms with van der Waals surface area (Å²) in [5.74, 6) is 1.77. The standard InChI is InChI=1S/C25H28N4O3/c1-31-20-11-12-21(23(14-20)32-2)29-25(30)18-8-6-7-17(13-18)22-15-24(27-16-26-22)28-19-9-4-3-5-10-19/h6-8,11-16,19H,3-5,9-10H2,1-2H3,(H,29,30)(H,26,27,28). The molecule has 0 atom stereocenters. The number of hydrogen-bond acceptors (Lipinski definition) is 6. The fourth-order valence-corrected chi connectivity index (χ4v) is 3.97. The Kier molecular flexibility index (Phi) is 6.84. The number of benzene rings is 2. The molecule has 0 aliphatic heterocycles. The van der Waals surface area contributed by atoms with Crippen molar-refractivity contribution < 1.29 is 14.3 Å². The molecule has 0 bridgehead atoms. The molecular weight excluding hydrogens is 404 g/mol. The average molecular weight is 433 g/mol. The summed E-state index contributed by atoms with van der Waals surface area (Å²) in [4.78, 5) is 21.7. The lowest BCUT2D eigenvalue weighted by atomic mass is 9.95. The highest BCUT2D eigenvalue weighted by atomic mass is 16.5. The van der Waals surface area contributed by atoms with Crippen LogP contribution < -0.4 is 20.1 Å². The van der Waals surface area contributed by atoms with Gasteiger partial charge in [0.15, 0.2) is 0 Å². The van der Waals surface area contributed by atoms with Gasteiger partial charge in [-0.05, 0) is 37.1 Å². The van der Waals surface area contributed by atoms with Crippen LogP contribution in [0.1, 0.15) is 42.5 Å². The quantitative estimate of drug-likeness (QED) is 0.537. The zero-order chi connectivity index (χ0) is 22.3. The highest BCUT2D eigenvalue weighted by molar-refractivity contribution is 6.05. The van der Waals surface area contributed by atoms with Gasteiger partial charge in [0.05, 0.1) is 25.6 Å². The molecule has 7 nitrogen and oxygen atoms in total. The minimum atomic E-state index is -0.232. The Balaban J connectivity index is 1.51. The highest BCUT2D eigenvalue weighted by Crippen LogP contribution is 2.30. The number of hydrogen-bond donors (Lipinski definition) is 2. The fraction of sp³-hybridized carbons (Fsp3) is 0.320. The summed E-state index contributed by atoms with van der Waals surface area (Å²) in [5.41, 5.74) is 2.73. The van der Waals surface area contributed by atoms with E-state index >= 15 is 0 Å². The summed E-state index contributed by atoms with van der Waals surface area (Å²) in [6.45, 7) is 0. The minimum Gasteiger partial charge on any atom is -0.497 e. The second-order valence-corrected chi connectivity index (χ2v) is 7.87. The lowest BCUT2D eigenvalue weighted by Crippen LogP contribution is -2.22. The van der Waals surface area contributed by atoms with E-state index in [4.69, 9.17) is 9.47 Å². The SMILES string of the molecule is COc1ccc(NC(=O)c2cccc(-c3cc(NC4CCCCC4)ncn3)c2)c(OC)c1. The highest BCUT2D eigenvalue weighted by Gasteiger charge is 2.15. The van der Waals surface area contributed by atoms with Crippen LogP contribution in [0.15, 0.2) is 54.9 Å². The summed E-state index contributed by atoms with van der Waals surface area (Å²) >= 11 is 0. The number of nitrogens with zero attached hydrogens (tertiary/aromatic N) is 2. The molecular formula is C25H28N4O3. The third-order valence-electron chi connectivity index (χ3n) is 5.70. The molecule has 2 aromatic carbocycles. The predicted molar refractivity (Wildman–Crippen MR) is 125 cm³/mol. The second-order valence-electron chi connectivity index (χ2n) is 7.87. The largest absolute Gasteiger partial charge is 0.497 e. The summed E-state index contributed by atoms with van der Waals surface area (Å²) in [5, 5.41) is 6.44. The van der Waals surface area contributed by atoms with Crippen molar-refractivity contribution in [2.75, 3.05) is 24.9 Å². The molecule has 1 aromatic heterocycles. The molecule has 4 rings (SSSR count). The number of methoxy groups -OCH3 is 2. The third-order valence-corrected chi connectivity index (χ3v) is 5.70. The van der Waals surface area contributed by atoms with Crippen LogP contribution in [0.25, 0.3) is 11.3 Å². The van der Waals surface area contributed by atoms with E-state index in [1.54, 1.807) is 44.8 Å². The van der Waals surface area contributed by atoms with Crippen molar-refractivity contribution in [2.45, 2.75) is 38.1 Å². The molecule has 1 amide bonds. The number of ether oxygens (including phenoxy) is 2.